The first-order valence-electron chi connectivity index (χ1n) is 15.2. The second kappa shape index (κ2) is 11.3. The van der Waals surface area contributed by atoms with Crippen LogP contribution in [-0.2, 0) is 14.4 Å². The zero-order valence-corrected chi connectivity index (χ0v) is 26.8. The Morgan fingerprint density at radius 2 is 1.49 bits per heavy atom. The van der Waals surface area contributed by atoms with Crippen LogP contribution in [0.4, 0.5) is 5.69 Å². The molecule has 0 bridgehead atoms. The topological polar surface area (TPSA) is 84.9 Å². The molecule has 0 saturated carbocycles. The number of aryl methyl sites for hydroxylation is 2. The Bertz CT molecular complexity index is 1510. The number of carbonyl (C=O) groups is 3. The first-order chi connectivity index (χ1) is 20.2. The molecule has 1 heterocycles. The molecule has 0 atom stereocenters. The number of hydrogen-bond acceptors (Lipinski definition) is 6. The van der Waals surface area contributed by atoms with Crippen molar-refractivity contribution < 1.29 is 23.9 Å². The van der Waals surface area contributed by atoms with Gasteiger partial charge in [0, 0.05) is 53.5 Å². The van der Waals surface area contributed by atoms with Crippen molar-refractivity contribution in [1.82, 2.24) is 4.90 Å². The Balaban J connectivity index is 1.50. The molecule has 0 spiro atoms. The average molecular weight is 585 g/mol. The fraction of sp³-hybridized carbons (Fsp3) is 0.472. The highest BCUT2D eigenvalue weighted by molar-refractivity contribution is 6.06. The first-order valence-corrected chi connectivity index (χ1v) is 15.2. The molecule has 2 aromatic rings. The minimum Gasteiger partial charge on any atom is -0.493 e. The number of benzene rings is 2. The van der Waals surface area contributed by atoms with E-state index in [2.05, 4.69) is 44.8 Å². The third-order valence-corrected chi connectivity index (χ3v) is 8.87. The number of nitrogens with one attached hydrogen (secondary N) is 1. The minimum absolute atomic E-state index is 0.0984. The number of allylic oxidation sites excluding steroid dienone is 4. The van der Waals surface area contributed by atoms with Crippen LogP contribution in [-0.4, -0.2) is 42.6 Å². The number of nitrogens with zero attached hydrogens (tertiary/aromatic N) is 1. The summed E-state index contributed by atoms with van der Waals surface area (Å²) in [5, 5.41) is 2.91. The highest BCUT2D eigenvalue weighted by Gasteiger charge is 2.48. The van der Waals surface area contributed by atoms with Gasteiger partial charge in [-0.1, -0.05) is 51.5 Å². The quantitative estimate of drug-likeness (QED) is 0.376. The lowest BCUT2D eigenvalue weighted by molar-refractivity contribution is -0.120. The van der Waals surface area contributed by atoms with E-state index in [1.54, 1.807) is 13.2 Å². The predicted molar refractivity (Wildman–Crippen MR) is 168 cm³/mol. The fourth-order valence-corrected chi connectivity index (χ4v) is 7.03. The van der Waals surface area contributed by atoms with Gasteiger partial charge in [0.05, 0.1) is 7.11 Å². The number of amides is 1. The molecule has 1 amide bonds. The van der Waals surface area contributed by atoms with Crippen molar-refractivity contribution in [2.24, 2.45) is 10.8 Å². The van der Waals surface area contributed by atoms with Crippen molar-refractivity contribution in [3.05, 3.63) is 75.6 Å². The number of carbonyl (C=O) groups excluding carboxylic acids is 3. The van der Waals surface area contributed by atoms with E-state index in [0.717, 1.165) is 57.8 Å². The first kappa shape index (κ1) is 30.6. The molecule has 5 rings (SSSR count). The molecule has 3 aliphatic rings. The zero-order valence-electron chi connectivity index (χ0n) is 26.8. The van der Waals surface area contributed by atoms with E-state index in [1.165, 1.54) is 0 Å². The molecule has 1 aliphatic heterocycles. The summed E-state index contributed by atoms with van der Waals surface area (Å²) >= 11 is 0. The standard InChI is InChI=1S/C36H44N2O5/c1-9-38-25-16-35(4,5)18-27(39)33(25)32(34-26(38)17-36(6,7)19-28(34)40)23-11-13-29(30(15-23)42-8)43-20-31(41)37-24-12-10-21(2)14-22(24)3/h10-15,32H,9,16-20H2,1-8H3,(H,37,41). The van der Waals surface area contributed by atoms with Crippen molar-refractivity contribution in [1.29, 1.82) is 0 Å². The summed E-state index contributed by atoms with van der Waals surface area (Å²) in [4.78, 5) is 42.7. The summed E-state index contributed by atoms with van der Waals surface area (Å²) in [5.74, 6) is 0.327. The summed E-state index contributed by atoms with van der Waals surface area (Å²) in [6, 6.07) is 11.4. The lowest BCUT2D eigenvalue weighted by Gasteiger charge is -2.48. The Kier molecular flexibility index (Phi) is 8.05. The van der Waals surface area contributed by atoms with Crippen LogP contribution in [0.1, 0.15) is 82.9 Å². The molecule has 0 saturated heterocycles. The van der Waals surface area contributed by atoms with Gasteiger partial charge in [-0.15, -0.1) is 0 Å². The van der Waals surface area contributed by atoms with E-state index in [9.17, 15) is 14.4 Å². The van der Waals surface area contributed by atoms with Gasteiger partial charge >= 0.3 is 0 Å². The third-order valence-electron chi connectivity index (χ3n) is 8.87. The number of ketones is 2. The monoisotopic (exact) mass is 584 g/mol. The summed E-state index contributed by atoms with van der Waals surface area (Å²) in [5.41, 5.74) is 6.90. The maximum absolute atomic E-state index is 13.9. The van der Waals surface area contributed by atoms with Crippen LogP contribution in [0, 0.1) is 24.7 Å². The fourth-order valence-electron chi connectivity index (χ4n) is 7.03. The second-order valence-corrected chi connectivity index (χ2v) is 13.8. The van der Waals surface area contributed by atoms with Crippen molar-refractivity contribution in [2.75, 3.05) is 25.6 Å². The molecular formula is C36H44N2O5. The molecule has 7 nitrogen and oxygen atoms in total. The van der Waals surface area contributed by atoms with Crippen LogP contribution in [0.25, 0.3) is 0 Å². The summed E-state index contributed by atoms with van der Waals surface area (Å²) in [6.45, 7) is 15.1. The van der Waals surface area contributed by atoms with Gasteiger partial charge < -0.3 is 19.7 Å². The lowest BCUT2D eigenvalue weighted by atomic mass is 9.63. The van der Waals surface area contributed by atoms with Gasteiger partial charge in [0.15, 0.2) is 29.7 Å². The Hall–Kier alpha value is -3.87. The van der Waals surface area contributed by atoms with E-state index in [4.69, 9.17) is 9.47 Å². The highest BCUT2D eigenvalue weighted by Crippen LogP contribution is 2.54. The SMILES string of the molecule is CCN1C2=C(C(=O)CC(C)(C)C2)C(c2ccc(OCC(=O)Nc3ccc(C)cc3C)c(OC)c2)C2=C1CC(C)(C)CC2=O. The summed E-state index contributed by atoms with van der Waals surface area (Å²) < 4.78 is 11.6. The van der Waals surface area contributed by atoms with Gasteiger partial charge in [-0.3, -0.25) is 14.4 Å². The molecule has 0 fully saturated rings. The van der Waals surface area contributed by atoms with Gasteiger partial charge in [0.25, 0.3) is 5.91 Å². The summed E-state index contributed by atoms with van der Waals surface area (Å²) in [7, 11) is 1.55. The van der Waals surface area contributed by atoms with Crippen molar-refractivity contribution in [3.63, 3.8) is 0 Å². The molecular weight excluding hydrogens is 540 g/mol. The van der Waals surface area contributed by atoms with Crippen molar-refractivity contribution in [2.45, 2.75) is 80.1 Å². The molecule has 2 aromatic carbocycles. The molecule has 0 aromatic heterocycles. The second-order valence-electron chi connectivity index (χ2n) is 13.8. The molecule has 0 radical (unpaired) electrons. The molecule has 228 valence electrons. The number of Topliss-reactive ketones (excluding diaryl/α,β-unsaturated/α-hetero) is 2. The maximum Gasteiger partial charge on any atom is 0.262 e. The lowest BCUT2D eigenvalue weighted by Crippen LogP contribution is -2.44. The van der Waals surface area contributed by atoms with Crippen LogP contribution in [0.3, 0.4) is 0 Å². The van der Waals surface area contributed by atoms with Crippen molar-refractivity contribution >= 4 is 23.2 Å². The number of ether oxygens (including phenoxy) is 2. The maximum atomic E-state index is 13.9. The van der Waals surface area contributed by atoms with E-state index in [0.29, 0.717) is 30.9 Å². The smallest absolute Gasteiger partial charge is 0.262 e. The Morgan fingerprint density at radius 1 is 0.884 bits per heavy atom. The van der Waals surface area contributed by atoms with Crippen LogP contribution in [0.2, 0.25) is 0 Å². The third kappa shape index (κ3) is 5.99. The summed E-state index contributed by atoms with van der Waals surface area (Å²) in [6.07, 6.45) is 2.43. The van der Waals surface area contributed by atoms with Crippen molar-refractivity contribution in [3.8, 4) is 11.5 Å². The van der Waals surface area contributed by atoms with E-state index in [1.807, 2.05) is 44.2 Å². The van der Waals surface area contributed by atoms with Gasteiger partial charge in [-0.2, -0.15) is 0 Å². The van der Waals surface area contributed by atoms with Crippen LogP contribution < -0.4 is 14.8 Å². The molecule has 0 unspecified atom stereocenters. The predicted octanol–water partition coefficient (Wildman–Crippen LogP) is 7.04. The van der Waals surface area contributed by atoms with Gasteiger partial charge in [0.1, 0.15) is 0 Å². The molecule has 43 heavy (non-hydrogen) atoms. The van der Waals surface area contributed by atoms with E-state index < -0.39 is 5.92 Å². The van der Waals surface area contributed by atoms with Gasteiger partial charge in [0.2, 0.25) is 0 Å². The van der Waals surface area contributed by atoms with Gasteiger partial charge in [-0.05, 0) is 73.8 Å². The number of hydrogen-bond donors (Lipinski definition) is 1. The number of rotatable bonds is 7. The average Bonchev–Trinajstić information content (AvgIpc) is 2.91. The molecule has 7 heteroatoms. The highest BCUT2D eigenvalue weighted by atomic mass is 16.5. The number of anilines is 1. The molecule has 2 aliphatic carbocycles. The van der Waals surface area contributed by atoms with E-state index >= 15 is 0 Å². The minimum atomic E-state index is -0.462. The van der Waals surface area contributed by atoms with Crippen LogP contribution >= 0.6 is 0 Å². The normalized spacial score (nSPS) is 19.7. The van der Waals surface area contributed by atoms with Crippen LogP contribution in [0.15, 0.2) is 58.9 Å². The molecule has 1 N–H and O–H groups in total. The Morgan fingerprint density at radius 3 is 2.02 bits per heavy atom. The number of methoxy groups -OCH3 is 1. The Labute approximate surface area is 255 Å². The zero-order chi connectivity index (χ0) is 31.3. The largest absolute Gasteiger partial charge is 0.493 e. The van der Waals surface area contributed by atoms with E-state index in [-0.39, 0.29) is 34.9 Å². The van der Waals surface area contributed by atoms with Gasteiger partial charge in [-0.25, -0.2) is 0 Å². The van der Waals surface area contributed by atoms with Crippen LogP contribution in [0.5, 0.6) is 11.5 Å².